The molecule has 0 fully saturated rings. The number of carbonyl (C=O) groups is 1. The van der Waals surface area contributed by atoms with Gasteiger partial charge in [-0.1, -0.05) is 60.7 Å². The highest BCUT2D eigenvalue weighted by Gasteiger charge is 2.13. The van der Waals surface area contributed by atoms with E-state index in [2.05, 4.69) is 10.3 Å². The molecule has 1 aromatic heterocycles. The van der Waals surface area contributed by atoms with Crippen LogP contribution in [0.1, 0.15) is 11.1 Å². The Hall–Kier alpha value is -3.92. The fourth-order valence-electron chi connectivity index (χ4n) is 3.32. The minimum absolute atomic E-state index is 0.146. The molecule has 3 aromatic carbocycles. The number of hydrogen-bond acceptors (Lipinski definition) is 3. The number of carbonyl (C=O) groups excluding carboxylic acids is 1. The lowest BCUT2D eigenvalue weighted by molar-refractivity contribution is -0.112. The van der Waals surface area contributed by atoms with E-state index in [0.717, 1.165) is 27.8 Å². The molecule has 148 valence electrons. The number of amides is 1. The monoisotopic (exact) mass is 394 g/mol. The van der Waals surface area contributed by atoms with Crippen molar-refractivity contribution < 1.29 is 9.53 Å². The molecule has 4 heteroatoms. The first kappa shape index (κ1) is 19.4. The number of hydrogen-bond donors (Lipinski definition) is 1. The predicted molar refractivity (Wildman–Crippen MR) is 121 cm³/mol. The molecule has 0 unspecified atom stereocenters. The van der Waals surface area contributed by atoms with Crippen LogP contribution in [0.25, 0.3) is 17.0 Å². The van der Waals surface area contributed by atoms with Gasteiger partial charge < -0.3 is 10.1 Å². The number of para-hydroxylation sites is 1. The molecule has 30 heavy (non-hydrogen) atoms. The Kier molecular flexibility index (Phi) is 5.85. The molecule has 0 radical (unpaired) electrons. The van der Waals surface area contributed by atoms with Gasteiger partial charge in [0.1, 0.15) is 5.75 Å². The number of nitrogens with one attached hydrogen (secondary N) is 1. The number of nitrogens with zero attached hydrogens (tertiary/aromatic N) is 1. The number of ether oxygens (including phenoxy) is 1. The van der Waals surface area contributed by atoms with Crippen molar-refractivity contribution in [3.63, 3.8) is 0 Å². The third-order valence-electron chi connectivity index (χ3n) is 4.87. The van der Waals surface area contributed by atoms with Crippen molar-refractivity contribution in [1.82, 2.24) is 4.98 Å². The summed E-state index contributed by atoms with van der Waals surface area (Å²) in [5, 5.41) is 4.04. The molecule has 0 saturated carbocycles. The number of pyridine rings is 1. The third-order valence-corrected chi connectivity index (χ3v) is 4.87. The fraction of sp³-hybridized carbons (Fsp3) is 0.0769. The molecular weight excluding hydrogens is 372 g/mol. The summed E-state index contributed by atoms with van der Waals surface area (Å²) < 4.78 is 5.24. The summed E-state index contributed by atoms with van der Waals surface area (Å²) >= 11 is 0. The van der Waals surface area contributed by atoms with Crippen molar-refractivity contribution in [3.8, 4) is 5.75 Å². The van der Waals surface area contributed by atoms with Crippen molar-refractivity contribution >= 4 is 28.6 Å². The Morgan fingerprint density at radius 1 is 0.933 bits per heavy atom. The van der Waals surface area contributed by atoms with Gasteiger partial charge in [0.05, 0.1) is 18.3 Å². The lowest BCUT2D eigenvalue weighted by atomic mass is 10.0. The highest BCUT2D eigenvalue weighted by atomic mass is 16.5. The standard InChI is InChI=1S/C26H22N2O2/c1-30-23-14-12-20(13-15-23)18-22(17-19-7-3-2-4-8-19)26(29)28-24-11-5-9-21-10-6-16-27-25(21)24/h2-17H,18H2,1H3,(H,28,29)/b22-17+. The van der Waals surface area contributed by atoms with Crippen LogP contribution >= 0.6 is 0 Å². The summed E-state index contributed by atoms with van der Waals surface area (Å²) in [6, 6.07) is 27.3. The van der Waals surface area contributed by atoms with E-state index >= 15 is 0 Å². The van der Waals surface area contributed by atoms with E-state index < -0.39 is 0 Å². The van der Waals surface area contributed by atoms with Crippen LogP contribution in [0, 0.1) is 0 Å². The van der Waals surface area contributed by atoms with Crippen molar-refractivity contribution in [1.29, 1.82) is 0 Å². The van der Waals surface area contributed by atoms with Gasteiger partial charge in [-0.15, -0.1) is 0 Å². The Balaban J connectivity index is 1.65. The average Bonchev–Trinajstić information content (AvgIpc) is 2.80. The molecule has 0 aliphatic carbocycles. The van der Waals surface area contributed by atoms with Gasteiger partial charge in [0, 0.05) is 23.6 Å². The molecule has 1 N–H and O–H groups in total. The van der Waals surface area contributed by atoms with Gasteiger partial charge in [-0.2, -0.15) is 0 Å². The number of anilines is 1. The molecule has 4 nitrogen and oxygen atoms in total. The van der Waals surface area contributed by atoms with Crippen LogP contribution in [-0.2, 0) is 11.2 Å². The largest absolute Gasteiger partial charge is 0.497 e. The molecule has 0 spiro atoms. The smallest absolute Gasteiger partial charge is 0.252 e. The maximum absolute atomic E-state index is 13.3. The summed E-state index contributed by atoms with van der Waals surface area (Å²) in [7, 11) is 1.64. The molecule has 4 rings (SSSR count). The summed E-state index contributed by atoms with van der Waals surface area (Å²) in [6.45, 7) is 0. The topological polar surface area (TPSA) is 51.2 Å². The minimum atomic E-state index is -0.146. The second-order valence-electron chi connectivity index (χ2n) is 6.94. The van der Waals surface area contributed by atoms with Gasteiger partial charge in [-0.3, -0.25) is 9.78 Å². The molecule has 0 atom stereocenters. The molecular formula is C26H22N2O2. The number of rotatable bonds is 6. The van der Waals surface area contributed by atoms with Gasteiger partial charge in [0.15, 0.2) is 0 Å². The maximum atomic E-state index is 13.3. The SMILES string of the molecule is COc1ccc(C/C(=C\c2ccccc2)C(=O)Nc2cccc3cccnc23)cc1. The zero-order valence-corrected chi connectivity index (χ0v) is 16.7. The van der Waals surface area contributed by atoms with E-state index in [-0.39, 0.29) is 5.91 Å². The average molecular weight is 394 g/mol. The molecule has 1 heterocycles. The second kappa shape index (κ2) is 9.05. The first-order chi connectivity index (χ1) is 14.7. The Morgan fingerprint density at radius 3 is 2.47 bits per heavy atom. The molecule has 0 aliphatic rings. The van der Waals surface area contributed by atoms with Gasteiger partial charge in [0.2, 0.25) is 0 Å². The summed E-state index contributed by atoms with van der Waals surface area (Å²) in [5.41, 5.74) is 4.15. The van der Waals surface area contributed by atoms with Gasteiger partial charge in [0.25, 0.3) is 5.91 Å². The number of fused-ring (bicyclic) bond motifs is 1. The predicted octanol–water partition coefficient (Wildman–Crippen LogP) is 5.51. The maximum Gasteiger partial charge on any atom is 0.252 e. The van der Waals surface area contributed by atoms with Crippen molar-refractivity contribution in [2.45, 2.75) is 6.42 Å². The van der Waals surface area contributed by atoms with Crippen molar-refractivity contribution in [2.24, 2.45) is 0 Å². The van der Waals surface area contributed by atoms with Gasteiger partial charge in [-0.25, -0.2) is 0 Å². The van der Waals surface area contributed by atoms with Crippen LogP contribution in [0.15, 0.2) is 96.7 Å². The number of benzene rings is 3. The zero-order valence-electron chi connectivity index (χ0n) is 16.7. The first-order valence-electron chi connectivity index (χ1n) is 9.76. The Morgan fingerprint density at radius 2 is 1.70 bits per heavy atom. The van der Waals surface area contributed by atoms with E-state index in [9.17, 15) is 4.79 Å². The quantitative estimate of drug-likeness (QED) is 0.439. The molecule has 0 saturated heterocycles. The Labute approximate surface area is 175 Å². The van der Waals surface area contributed by atoms with Crippen molar-refractivity contribution in [3.05, 3.63) is 108 Å². The molecule has 1 amide bonds. The number of methoxy groups -OCH3 is 1. The lowest BCUT2D eigenvalue weighted by Crippen LogP contribution is -2.16. The van der Waals surface area contributed by atoms with Gasteiger partial charge >= 0.3 is 0 Å². The van der Waals surface area contributed by atoms with Crippen LogP contribution in [0.4, 0.5) is 5.69 Å². The highest BCUT2D eigenvalue weighted by molar-refractivity contribution is 6.10. The zero-order chi connectivity index (χ0) is 20.8. The molecule has 4 aromatic rings. The van der Waals surface area contributed by atoms with Crippen LogP contribution < -0.4 is 10.1 Å². The van der Waals surface area contributed by atoms with Crippen molar-refractivity contribution in [2.75, 3.05) is 12.4 Å². The van der Waals surface area contributed by atoms with Crippen LogP contribution in [0.5, 0.6) is 5.75 Å². The normalized spacial score (nSPS) is 11.3. The van der Waals surface area contributed by atoms with E-state index in [1.807, 2.05) is 91.0 Å². The van der Waals surface area contributed by atoms with E-state index in [4.69, 9.17) is 4.74 Å². The molecule has 0 aliphatic heterocycles. The summed E-state index contributed by atoms with van der Waals surface area (Å²) in [6.07, 6.45) is 4.16. The van der Waals surface area contributed by atoms with E-state index in [0.29, 0.717) is 17.7 Å². The summed E-state index contributed by atoms with van der Waals surface area (Å²) in [5.74, 6) is 0.645. The highest BCUT2D eigenvalue weighted by Crippen LogP contribution is 2.23. The van der Waals surface area contributed by atoms with Gasteiger partial charge in [-0.05, 0) is 41.5 Å². The number of aromatic nitrogens is 1. The summed E-state index contributed by atoms with van der Waals surface area (Å²) in [4.78, 5) is 17.7. The minimum Gasteiger partial charge on any atom is -0.497 e. The third kappa shape index (κ3) is 4.55. The Bertz CT molecular complexity index is 1180. The molecule has 0 bridgehead atoms. The first-order valence-corrected chi connectivity index (χ1v) is 9.76. The van der Waals surface area contributed by atoms with Crippen LogP contribution in [-0.4, -0.2) is 18.0 Å². The van der Waals surface area contributed by atoms with Crippen LogP contribution in [0.3, 0.4) is 0 Å². The second-order valence-corrected chi connectivity index (χ2v) is 6.94. The van der Waals surface area contributed by atoms with E-state index in [1.54, 1.807) is 13.3 Å². The fourth-order valence-corrected chi connectivity index (χ4v) is 3.32. The lowest BCUT2D eigenvalue weighted by Gasteiger charge is -2.12. The van der Waals surface area contributed by atoms with Crippen LogP contribution in [0.2, 0.25) is 0 Å². The van der Waals surface area contributed by atoms with E-state index in [1.165, 1.54) is 0 Å².